The quantitative estimate of drug-likeness (QED) is 0.370. The van der Waals surface area contributed by atoms with Crippen molar-refractivity contribution in [3.63, 3.8) is 0 Å². The highest BCUT2D eigenvalue weighted by Crippen LogP contribution is 2.34. The summed E-state index contributed by atoms with van der Waals surface area (Å²) in [5.41, 5.74) is 0.569. The van der Waals surface area contributed by atoms with Crippen LogP contribution in [0, 0.1) is 0 Å². The van der Waals surface area contributed by atoms with Gasteiger partial charge in [0.25, 0.3) is 0 Å². The molecule has 0 aliphatic carbocycles. The van der Waals surface area contributed by atoms with Gasteiger partial charge < -0.3 is 19.7 Å². The van der Waals surface area contributed by atoms with Crippen molar-refractivity contribution < 1.29 is 27.5 Å². The van der Waals surface area contributed by atoms with Crippen LogP contribution in [0.3, 0.4) is 0 Å². The number of hydrogen-bond donors (Lipinski definition) is 1. The molecular weight excluding hydrogens is 553 g/mol. The number of carbonyl (C=O) groups is 2. The monoisotopic (exact) mass is 587 g/mol. The van der Waals surface area contributed by atoms with Gasteiger partial charge in [0.05, 0.1) is 26.2 Å². The van der Waals surface area contributed by atoms with Crippen molar-refractivity contribution in [3.8, 4) is 11.5 Å². The normalized spacial score (nSPS) is 12.8. The first-order valence-electron chi connectivity index (χ1n) is 12.1. The third-order valence-electron chi connectivity index (χ3n) is 6.11. The Hall–Kier alpha value is -2.69. The van der Waals surface area contributed by atoms with Gasteiger partial charge in [0, 0.05) is 34.3 Å². The molecule has 0 radical (unpaired) electrons. The lowest BCUT2D eigenvalue weighted by Gasteiger charge is -2.34. The van der Waals surface area contributed by atoms with E-state index < -0.39 is 28.5 Å². The fraction of sp³-hybridized carbons (Fsp3) is 0.462. The largest absolute Gasteiger partial charge is 0.497 e. The van der Waals surface area contributed by atoms with Crippen LogP contribution >= 0.6 is 23.2 Å². The van der Waals surface area contributed by atoms with Gasteiger partial charge in [-0.1, -0.05) is 43.1 Å². The van der Waals surface area contributed by atoms with Gasteiger partial charge in [0.15, 0.2) is 0 Å². The molecule has 2 atom stereocenters. The van der Waals surface area contributed by atoms with Crippen LogP contribution in [0.4, 0.5) is 5.69 Å². The summed E-state index contributed by atoms with van der Waals surface area (Å²) in [6.45, 7) is 4.87. The number of sulfonamides is 1. The van der Waals surface area contributed by atoms with E-state index in [9.17, 15) is 18.0 Å². The molecule has 0 unspecified atom stereocenters. The Bertz CT molecular complexity index is 1220. The molecule has 0 spiro atoms. The van der Waals surface area contributed by atoms with Gasteiger partial charge in [-0.25, -0.2) is 8.42 Å². The van der Waals surface area contributed by atoms with Crippen LogP contribution in [-0.2, 0) is 26.2 Å². The number of ether oxygens (including phenoxy) is 2. The zero-order valence-corrected chi connectivity index (χ0v) is 24.8. The summed E-state index contributed by atoms with van der Waals surface area (Å²) in [6, 6.07) is 8.55. The average Bonchev–Trinajstić information content (AvgIpc) is 2.87. The van der Waals surface area contributed by atoms with Crippen molar-refractivity contribution in [3.05, 3.63) is 52.0 Å². The molecule has 0 fully saturated rings. The summed E-state index contributed by atoms with van der Waals surface area (Å²) < 4.78 is 37.4. The zero-order chi connectivity index (χ0) is 28.6. The van der Waals surface area contributed by atoms with E-state index in [4.69, 9.17) is 32.7 Å². The summed E-state index contributed by atoms with van der Waals surface area (Å²) in [7, 11) is -1.13. The maximum atomic E-state index is 13.9. The number of carbonyl (C=O) groups excluding carboxylic acids is 2. The Kier molecular flexibility index (Phi) is 11.5. The second-order valence-electron chi connectivity index (χ2n) is 8.77. The Labute approximate surface area is 235 Å². The van der Waals surface area contributed by atoms with Gasteiger partial charge in [-0.05, 0) is 44.0 Å². The molecule has 210 valence electrons. The fourth-order valence-electron chi connectivity index (χ4n) is 3.80. The number of halogens is 2. The summed E-state index contributed by atoms with van der Waals surface area (Å²) in [4.78, 5) is 28.5. The van der Waals surface area contributed by atoms with Crippen LogP contribution in [-0.4, -0.2) is 64.2 Å². The minimum Gasteiger partial charge on any atom is -0.497 e. The van der Waals surface area contributed by atoms with Crippen molar-refractivity contribution in [1.29, 1.82) is 0 Å². The number of nitrogens with one attached hydrogen (secondary N) is 1. The molecule has 0 aromatic heterocycles. The summed E-state index contributed by atoms with van der Waals surface area (Å²) in [6.07, 6.45) is 1.96. The molecule has 0 bridgehead atoms. The van der Waals surface area contributed by atoms with Crippen LogP contribution in [0.5, 0.6) is 11.5 Å². The smallest absolute Gasteiger partial charge is 0.244 e. The van der Waals surface area contributed by atoms with Crippen LogP contribution in [0.25, 0.3) is 0 Å². The maximum Gasteiger partial charge on any atom is 0.244 e. The van der Waals surface area contributed by atoms with Crippen LogP contribution < -0.4 is 19.1 Å². The van der Waals surface area contributed by atoms with Crippen LogP contribution in [0.1, 0.15) is 39.2 Å². The third-order valence-corrected chi connectivity index (χ3v) is 7.95. The molecule has 2 aromatic rings. The molecule has 0 aliphatic heterocycles. The summed E-state index contributed by atoms with van der Waals surface area (Å²) in [5.74, 6) is -0.377. The Morgan fingerprint density at radius 1 is 1.03 bits per heavy atom. The Morgan fingerprint density at radius 2 is 1.66 bits per heavy atom. The predicted molar refractivity (Wildman–Crippen MR) is 151 cm³/mol. The molecule has 1 N–H and O–H groups in total. The van der Waals surface area contributed by atoms with E-state index in [-0.39, 0.29) is 36.4 Å². The molecule has 0 aliphatic rings. The molecule has 12 heteroatoms. The minimum atomic E-state index is -3.97. The molecule has 9 nitrogen and oxygen atoms in total. The van der Waals surface area contributed by atoms with Crippen LogP contribution in [0.2, 0.25) is 10.0 Å². The number of benzene rings is 2. The highest BCUT2D eigenvalue weighted by atomic mass is 35.5. The van der Waals surface area contributed by atoms with Gasteiger partial charge in [-0.2, -0.15) is 0 Å². The number of nitrogens with zero attached hydrogens (tertiary/aromatic N) is 2. The highest BCUT2D eigenvalue weighted by Gasteiger charge is 2.33. The standard InChI is InChI=1S/C26H35Cl2N3O6S/c1-7-17(3)29-26(33)22(8-2)30(15-19-20(27)10-9-11-21(19)28)25(32)16-31(38(6,34)35)23-14-18(36-4)12-13-24(23)37-5/h9-14,17,22H,7-8,15-16H2,1-6H3,(H,29,33)/t17-,22+/m0/s1. The minimum absolute atomic E-state index is 0.101. The number of amides is 2. The lowest BCUT2D eigenvalue weighted by atomic mass is 10.1. The van der Waals surface area contributed by atoms with Crippen molar-refractivity contribution in [2.24, 2.45) is 0 Å². The maximum absolute atomic E-state index is 13.9. The van der Waals surface area contributed by atoms with E-state index in [2.05, 4.69) is 5.32 Å². The van der Waals surface area contributed by atoms with Crippen molar-refractivity contribution in [1.82, 2.24) is 10.2 Å². The van der Waals surface area contributed by atoms with E-state index in [1.807, 2.05) is 13.8 Å². The molecule has 0 saturated carbocycles. The van der Waals surface area contributed by atoms with Gasteiger partial charge >= 0.3 is 0 Å². The number of anilines is 1. The van der Waals surface area contributed by atoms with Gasteiger partial charge in [-0.15, -0.1) is 0 Å². The lowest BCUT2D eigenvalue weighted by molar-refractivity contribution is -0.140. The van der Waals surface area contributed by atoms with E-state index in [1.54, 1.807) is 37.3 Å². The number of rotatable bonds is 13. The van der Waals surface area contributed by atoms with Crippen molar-refractivity contribution in [2.45, 2.75) is 52.2 Å². The fourth-order valence-corrected chi connectivity index (χ4v) is 5.16. The van der Waals surface area contributed by atoms with Gasteiger partial charge in [0.2, 0.25) is 21.8 Å². The lowest BCUT2D eigenvalue weighted by Crippen LogP contribution is -2.53. The zero-order valence-electron chi connectivity index (χ0n) is 22.5. The van der Waals surface area contributed by atoms with Crippen LogP contribution in [0.15, 0.2) is 36.4 Å². The molecule has 2 amide bonds. The molecule has 0 saturated heterocycles. The molecular formula is C26H35Cl2N3O6S. The third kappa shape index (κ3) is 7.91. The average molecular weight is 589 g/mol. The van der Waals surface area contributed by atoms with Gasteiger partial charge in [0.1, 0.15) is 24.1 Å². The second-order valence-corrected chi connectivity index (χ2v) is 11.5. The Morgan fingerprint density at radius 3 is 2.16 bits per heavy atom. The van der Waals surface area contributed by atoms with Crippen molar-refractivity contribution in [2.75, 3.05) is 31.3 Å². The Balaban J connectivity index is 2.59. The molecule has 38 heavy (non-hydrogen) atoms. The SMILES string of the molecule is CC[C@H](C(=O)N[C@@H](C)CC)N(Cc1c(Cl)cccc1Cl)C(=O)CN(c1cc(OC)ccc1OC)S(C)(=O)=O. The summed E-state index contributed by atoms with van der Waals surface area (Å²) in [5, 5.41) is 3.55. The first-order chi connectivity index (χ1) is 17.9. The first-order valence-corrected chi connectivity index (χ1v) is 14.7. The second kappa shape index (κ2) is 13.9. The van der Waals surface area contributed by atoms with E-state index in [0.717, 1.165) is 10.6 Å². The van der Waals surface area contributed by atoms with E-state index in [1.165, 1.54) is 25.2 Å². The molecule has 2 aromatic carbocycles. The summed E-state index contributed by atoms with van der Waals surface area (Å²) >= 11 is 12.8. The van der Waals surface area contributed by atoms with E-state index in [0.29, 0.717) is 27.8 Å². The van der Waals surface area contributed by atoms with Crippen molar-refractivity contribution >= 4 is 50.7 Å². The number of methoxy groups -OCH3 is 2. The first kappa shape index (κ1) is 31.5. The van der Waals surface area contributed by atoms with Gasteiger partial charge in [-0.3, -0.25) is 13.9 Å². The topological polar surface area (TPSA) is 105 Å². The van der Waals surface area contributed by atoms with E-state index >= 15 is 0 Å². The molecule has 0 heterocycles. The number of hydrogen-bond acceptors (Lipinski definition) is 6. The highest BCUT2D eigenvalue weighted by molar-refractivity contribution is 7.92. The predicted octanol–water partition coefficient (Wildman–Crippen LogP) is 4.50. The molecule has 2 rings (SSSR count).